The summed E-state index contributed by atoms with van der Waals surface area (Å²) in [5.41, 5.74) is 2.72. The van der Waals surface area contributed by atoms with Gasteiger partial charge in [0, 0.05) is 30.4 Å². The minimum atomic E-state index is -0.420. The Hall–Kier alpha value is -4.24. The summed E-state index contributed by atoms with van der Waals surface area (Å²) < 4.78 is 11.6. The first-order valence-electron chi connectivity index (χ1n) is 11.0. The number of methoxy groups -OCH3 is 1. The van der Waals surface area contributed by atoms with Crippen LogP contribution in [0.15, 0.2) is 89.5 Å². The van der Waals surface area contributed by atoms with Gasteiger partial charge in [-0.15, -0.1) is 0 Å². The van der Waals surface area contributed by atoms with Crippen molar-refractivity contribution in [3.63, 3.8) is 0 Å². The lowest BCUT2D eigenvalue weighted by atomic mass is 10.0. The van der Waals surface area contributed by atoms with E-state index in [1.807, 2.05) is 54.6 Å². The molecule has 4 aromatic rings. The van der Waals surface area contributed by atoms with Gasteiger partial charge < -0.3 is 19.4 Å². The van der Waals surface area contributed by atoms with Gasteiger partial charge in [-0.2, -0.15) is 0 Å². The molecule has 2 atom stereocenters. The molecular formula is C26H22N4O4S. The van der Waals surface area contributed by atoms with Gasteiger partial charge in [-0.3, -0.25) is 15.1 Å². The Bertz CT molecular complexity index is 1340. The zero-order chi connectivity index (χ0) is 24.4. The van der Waals surface area contributed by atoms with Crippen molar-refractivity contribution in [1.82, 2.24) is 15.2 Å². The van der Waals surface area contributed by atoms with Crippen molar-refractivity contribution in [3.05, 3.63) is 112 Å². The first-order valence-corrected chi connectivity index (χ1v) is 11.4. The molecule has 0 bridgehead atoms. The van der Waals surface area contributed by atoms with Crippen LogP contribution in [0, 0.1) is 10.1 Å². The van der Waals surface area contributed by atoms with Crippen LogP contribution in [0.25, 0.3) is 11.3 Å². The molecule has 0 amide bonds. The van der Waals surface area contributed by atoms with Crippen molar-refractivity contribution in [2.75, 3.05) is 7.11 Å². The van der Waals surface area contributed by atoms with Gasteiger partial charge in [0.1, 0.15) is 23.3 Å². The van der Waals surface area contributed by atoms with Gasteiger partial charge >= 0.3 is 0 Å². The normalized spacial score (nSPS) is 17.3. The number of nitro benzene ring substituents is 1. The second-order valence-electron chi connectivity index (χ2n) is 8.11. The highest BCUT2D eigenvalue weighted by Crippen LogP contribution is 2.41. The number of nitrogens with one attached hydrogen (secondary N) is 1. The van der Waals surface area contributed by atoms with Crippen molar-refractivity contribution in [1.29, 1.82) is 0 Å². The molecule has 0 saturated carbocycles. The molecule has 0 radical (unpaired) electrons. The topological polar surface area (TPSA) is 93.7 Å². The largest absolute Gasteiger partial charge is 0.497 e. The van der Waals surface area contributed by atoms with E-state index in [-0.39, 0.29) is 17.8 Å². The molecule has 1 N–H and O–H groups in total. The molecule has 0 aliphatic carbocycles. The summed E-state index contributed by atoms with van der Waals surface area (Å²) >= 11 is 5.74. The molecule has 1 aliphatic rings. The van der Waals surface area contributed by atoms with Gasteiger partial charge in [0.05, 0.1) is 23.8 Å². The number of pyridine rings is 1. The second kappa shape index (κ2) is 9.55. The molecule has 5 rings (SSSR count). The van der Waals surface area contributed by atoms with Crippen molar-refractivity contribution in [2.24, 2.45) is 0 Å². The second-order valence-corrected chi connectivity index (χ2v) is 8.50. The van der Waals surface area contributed by atoms with E-state index in [4.69, 9.17) is 21.4 Å². The number of hydrogen-bond acceptors (Lipinski definition) is 6. The van der Waals surface area contributed by atoms with E-state index in [9.17, 15) is 10.1 Å². The Labute approximate surface area is 207 Å². The monoisotopic (exact) mass is 486 g/mol. The Kier molecular flexibility index (Phi) is 6.15. The zero-order valence-electron chi connectivity index (χ0n) is 18.8. The van der Waals surface area contributed by atoms with E-state index in [0.717, 1.165) is 28.3 Å². The number of nitrogens with zero attached hydrogens (tertiary/aromatic N) is 3. The number of rotatable bonds is 7. The van der Waals surface area contributed by atoms with Crippen LogP contribution >= 0.6 is 12.2 Å². The minimum Gasteiger partial charge on any atom is -0.497 e. The third kappa shape index (κ3) is 4.58. The first-order chi connectivity index (χ1) is 17.0. The highest BCUT2D eigenvalue weighted by Gasteiger charge is 2.41. The van der Waals surface area contributed by atoms with Crippen LogP contribution in [0.2, 0.25) is 0 Å². The van der Waals surface area contributed by atoms with Crippen molar-refractivity contribution < 1.29 is 14.1 Å². The average Bonchev–Trinajstić information content (AvgIpc) is 3.50. The molecule has 0 unspecified atom stereocenters. The molecule has 1 fully saturated rings. The van der Waals surface area contributed by atoms with Crippen LogP contribution in [0.1, 0.15) is 29.1 Å². The Morgan fingerprint density at radius 2 is 1.86 bits per heavy atom. The Morgan fingerprint density at radius 3 is 2.51 bits per heavy atom. The average molecular weight is 487 g/mol. The van der Waals surface area contributed by atoms with E-state index in [1.54, 1.807) is 25.4 Å². The lowest BCUT2D eigenvalue weighted by Crippen LogP contribution is -2.29. The van der Waals surface area contributed by atoms with Gasteiger partial charge in [-0.1, -0.05) is 18.2 Å². The maximum atomic E-state index is 11.0. The van der Waals surface area contributed by atoms with Gasteiger partial charge in [-0.25, -0.2) is 0 Å². The van der Waals surface area contributed by atoms with Crippen LogP contribution in [0.3, 0.4) is 0 Å². The van der Waals surface area contributed by atoms with Gasteiger partial charge in [0.15, 0.2) is 5.11 Å². The van der Waals surface area contributed by atoms with Crippen LogP contribution < -0.4 is 10.1 Å². The fourth-order valence-corrected chi connectivity index (χ4v) is 4.53. The number of nitro groups is 1. The van der Waals surface area contributed by atoms with Crippen molar-refractivity contribution >= 4 is 23.0 Å². The predicted octanol–water partition coefficient (Wildman–Crippen LogP) is 5.43. The standard InChI is InChI=1S/C26H22N4O4S/c1-33-20-11-5-17(6-12-20)16-29-25(24(28-26(29)35)21-4-2-3-15-27-21)23-14-13-22(34-23)18-7-9-19(10-8-18)30(31)32/h2-15,24-25H,16H2,1H3,(H,28,35)/t24-,25-/m1/s1. The highest BCUT2D eigenvalue weighted by molar-refractivity contribution is 7.80. The van der Waals surface area contributed by atoms with Crippen LogP contribution in [0.5, 0.6) is 5.75 Å². The molecule has 1 aliphatic heterocycles. The van der Waals surface area contributed by atoms with Gasteiger partial charge in [0.25, 0.3) is 5.69 Å². The molecule has 8 nitrogen and oxygen atoms in total. The van der Waals surface area contributed by atoms with Gasteiger partial charge in [0.2, 0.25) is 0 Å². The summed E-state index contributed by atoms with van der Waals surface area (Å²) in [5.74, 6) is 2.13. The van der Waals surface area contributed by atoms with E-state index >= 15 is 0 Å². The Balaban J connectivity index is 1.49. The maximum absolute atomic E-state index is 11.0. The summed E-state index contributed by atoms with van der Waals surface area (Å²) in [5, 5.41) is 15.0. The molecule has 3 heterocycles. The summed E-state index contributed by atoms with van der Waals surface area (Å²) in [4.78, 5) is 17.2. The molecule has 9 heteroatoms. The third-order valence-electron chi connectivity index (χ3n) is 5.99. The lowest BCUT2D eigenvalue weighted by molar-refractivity contribution is -0.384. The summed E-state index contributed by atoms with van der Waals surface area (Å²) in [7, 11) is 1.64. The number of benzene rings is 2. The minimum absolute atomic E-state index is 0.0340. The fourth-order valence-electron chi connectivity index (χ4n) is 4.23. The van der Waals surface area contributed by atoms with Crippen molar-refractivity contribution in [3.8, 4) is 17.1 Å². The number of ether oxygens (including phenoxy) is 1. The number of thiocarbonyl (C=S) groups is 1. The van der Waals surface area contributed by atoms with E-state index in [1.165, 1.54) is 12.1 Å². The van der Waals surface area contributed by atoms with E-state index in [0.29, 0.717) is 17.4 Å². The lowest BCUT2D eigenvalue weighted by Gasteiger charge is -2.26. The zero-order valence-corrected chi connectivity index (χ0v) is 19.6. The molecule has 2 aromatic heterocycles. The predicted molar refractivity (Wildman–Crippen MR) is 135 cm³/mol. The third-order valence-corrected chi connectivity index (χ3v) is 6.34. The number of furan rings is 1. The smallest absolute Gasteiger partial charge is 0.269 e. The van der Waals surface area contributed by atoms with E-state index < -0.39 is 4.92 Å². The summed E-state index contributed by atoms with van der Waals surface area (Å²) in [6.45, 7) is 0.567. The number of aromatic nitrogens is 1. The van der Waals surface area contributed by atoms with Crippen LogP contribution in [0.4, 0.5) is 5.69 Å². The molecule has 176 valence electrons. The quantitative estimate of drug-likeness (QED) is 0.210. The summed E-state index contributed by atoms with van der Waals surface area (Å²) in [6.07, 6.45) is 1.76. The molecule has 35 heavy (non-hydrogen) atoms. The SMILES string of the molecule is COc1ccc(CN2C(=S)N[C@H](c3ccccn3)[C@H]2c2ccc(-c3ccc([N+](=O)[O-])cc3)o2)cc1. The van der Waals surface area contributed by atoms with Crippen LogP contribution in [-0.4, -0.2) is 27.0 Å². The molecule has 2 aromatic carbocycles. The molecule has 1 saturated heterocycles. The Morgan fingerprint density at radius 1 is 1.09 bits per heavy atom. The first kappa shape index (κ1) is 22.5. The fraction of sp³-hybridized carbons (Fsp3) is 0.154. The maximum Gasteiger partial charge on any atom is 0.269 e. The number of hydrogen-bond donors (Lipinski definition) is 1. The highest BCUT2D eigenvalue weighted by atomic mass is 32.1. The van der Waals surface area contributed by atoms with Crippen molar-refractivity contribution in [2.45, 2.75) is 18.6 Å². The summed E-state index contributed by atoms with van der Waals surface area (Å²) in [6, 6.07) is 23.3. The molecular weight excluding hydrogens is 464 g/mol. The van der Waals surface area contributed by atoms with Crippen LogP contribution in [-0.2, 0) is 6.54 Å². The number of non-ortho nitro benzene ring substituents is 1. The molecule has 0 spiro atoms. The van der Waals surface area contributed by atoms with E-state index in [2.05, 4.69) is 15.2 Å². The van der Waals surface area contributed by atoms with Gasteiger partial charge in [-0.05, 0) is 66.3 Å².